The van der Waals surface area contributed by atoms with Crippen LogP contribution in [-0.4, -0.2) is 13.0 Å². The van der Waals surface area contributed by atoms with E-state index >= 15 is 0 Å². The predicted octanol–water partition coefficient (Wildman–Crippen LogP) is 2.05. The van der Waals surface area contributed by atoms with Crippen LogP contribution in [0.25, 0.3) is 0 Å². The quantitative estimate of drug-likeness (QED) is 0.694. The van der Waals surface area contributed by atoms with Gasteiger partial charge in [-0.05, 0) is 31.4 Å². The molecular weight excluding hydrogens is 188 g/mol. The van der Waals surface area contributed by atoms with Gasteiger partial charge in [-0.25, -0.2) is 0 Å². The van der Waals surface area contributed by atoms with Crippen molar-refractivity contribution in [2.45, 2.75) is 19.8 Å². The molecule has 4 heteroatoms. The first kappa shape index (κ1) is 10.2. The molecule has 0 heterocycles. The second-order valence-electron chi connectivity index (χ2n) is 2.85. The molecule has 1 aliphatic rings. The zero-order valence-electron chi connectivity index (χ0n) is 7.40. The van der Waals surface area contributed by atoms with Crippen LogP contribution in [0.3, 0.4) is 0 Å². The van der Waals surface area contributed by atoms with E-state index in [1.54, 1.807) is 6.08 Å². The Labute approximate surface area is 78.2 Å². The van der Waals surface area contributed by atoms with Gasteiger partial charge in [0, 0.05) is 0 Å². The zero-order chi connectivity index (χ0) is 9.90. The topological polar surface area (TPSA) is 54.4 Å². The Kier molecular flexibility index (Phi) is 3.06. The number of rotatable bonds is 2. The Morgan fingerprint density at radius 3 is 2.46 bits per heavy atom. The lowest BCUT2D eigenvalue weighted by Crippen LogP contribution is -2.04. The normalized spacial score (nSPS) is 18.6. The molecule has 0 atom stereocenters. The fraction of sp³-hybridized carbons (Fsp3) is 0.333. The standard InChI is InChI=1S/C9H12O3S/c1-2-3-8-4-6-9(7-5-8)13(10,11)12/h2-4,6H,5,7H2,1H3,(H,10,11,12). The predicted molar refractivity (Wildman–Crippen MR) is 51.8 cm³/mol. The zero-order valence-corrected chi connectivity index (χ0v) is 8.21. The van der Waals surface area contributed by atoms with Gasteiger partial charge in [0.2, 0.25) is 0 Å². The van der Waals surface area contributed by atoms with Gasteiger partial charge >= 0.3 is 0 Å². The average molecular weight is 200 g/mol. The molecule has 13 heavy (non-hydrogen) atoms. The molecule has 0 saturated carbocycles. The highest BCUT2D eigenvalue weighted by Crippen LogP contribution is 2.22. The number of hydrogen-bond acceptors (Lipinski definition) is 2. The number of allylic oxidation sites excluding steroid dienone is 6. The Balaban J connectivity index is 2.89. The minimum atomic E-state index is -3.97. The SMILES string of the molecule is CC=CC1=CC=C(S(=O)(=O)O)CC1. The molecule has 0 fully saturated rings. The third kappa shape index (κ3) is 2.82. The minimum Gasteiger partial charge on any atom is -0.282 e. The molecule has 0 amide bonds. The first-order valence-electron chi connectivity index (χ1n) is 4.04. The van der Waals surface area contributed by atoms with Crippen molar-refractivity contribution in [3.05, 3.63) is 34.8 Å². The van der Waals surface area contributed by atoms with Gasteiger partial charge in [-0.15, -0.1) is 0 Å². The van der Waals surface area contributed by atoms with Crippen molar-refractivity contribution in [2.75, 3.05) is 0 Å². The van der Waals surface area contributed by atoms with Crippen LogP contribution >= 0.6 is 0 Å². The fourth-order valence-corrected chi connectivity index (χ4v) is 1.80. The van der Waals surface area contributed by atoms with Crippen LogP contribution in [0.15, 0.2) is 34.8 Å². The lowest BCUT2D eigenvalue weighted by Gasteiger charge is -2.09. The summed E-state index contributed by atoms with van der Waals surface area (Å²) >= 11 is 0. The minimum absolute atomic E-state index is 0.0979. The molecule has 0 saturated heterocycles. The van der Waals surface area contributed by atoms with Crippen LogP contribution in [0.4, 0.5) is 0 Å². The van der Waals surface area contributed by atoms with Crippen LogP contribution in [0.2, 0.25) is 0 Å². The third-order valence-electron chi connectivity index (χ3n) is 1.86. The molecular formula is C9H12O3S. The Morgan fingerprint density at radius 2 is 2.08 bits per heavy atom. The molecule has 0 radical (unpaired) electrons. The summed E-state index contributed by atoms with van der Waals surface area (Å²) in [7, 11) is -3.97. The monoisotopic (exact) mass is 200 g/mol. The van der Waals surface area contributed by atoms with E-state index in [-0.39, 0.29) is 4.91 Å². The van der Waals surface area contributed by atoms with Crippen molar-refractivity contribution >= 4 is 10.1 Å². The molecule has 1 rings (SSSR count). The van der Waals surface area contributed by atoms with Crippen molar-refractivity contribution in [2.24, 2.45) is 0 Å². The molecule has 1 aliphatic carbocycles. The van der Waals surface area contributed by atoms with Gasteiger partial charge in [0.25, 0.3) is 10.1 Å². The fourth-order valence-electron chi connectivity index (χ4n) is 1.20. The van der Waals surface area contributed by atoms with E-state index in [9.17, 15) is 8.42 Å². The molecule has 0 aromatic carbocycles. The molecule has 0 spiro atoms. The van der Waals surface area contributed by atoms with Gasteiger partial charge in [-0.1, -0.05) is 18.2 Å². The van der Waals surface area contributed by atoms with Crippen molar-refractivity contribution in [3.8, 4) is 0 Å². The van der Waals surface area contributed by atoms with E-state index in [4.69, 9.17) is 4.55 Å². The Bertz CT molecular complexity index is 372. The Hall–Kier alpha value is -0.870. The van der Waals surface area contributed by atoms with E-state index in [1.165, 1.54) is 6.08 Å². The van der Waals surface area contributed by atoms with Gasteiger partial charge in [-0.2, -0.15) is 8.42 Å². The van der Waals surface area contributed by atoms with E-state index in [2.05, 4.69) is 0 Å². The largest absolute Gasteiger partial charge is 0.290 e. The van der Waals surface area contributed by atoms with Crippen LogP contribution in [-0.2, 0) is 10.1 Å². The van der Waals surface area contributed by atoms with Gasteiger partial charge in [-0.3, -0.25) is 4.55 Å². The van der Waals surface area contributed by atoms with Gasteiger partial charge < -0.3 is 0 Å². The second kappa shape index (κ2) is 3.89. The van der Waals surface area contributed by atoms with Gasteiger partial charge in [0.05, 0.1) is 4.91 Å². The molecule has 0 aromatic rings. The summed E-state index contributed by atoms with van der Waals surface area (Å²) < 4.78 is 30.1. The summed E-state index contributed by atoms with van der Waals surface area (Å²) in [5.41, 5.74) is 1.08. The molecule has 0 bridgehead atoms. The first-order chi connectivity index (χ1) is 6.04. The lowest BCUT2D eigenvalue weighted by molar-refractivity contribution is 0.489. The van der Waals surface area contributed by atoms with Crippen LogP contribution in [0, 0.1) is 0 Å². The molecule has 1 N–H and O–H groups in total. The van der Waals surface area contributed by atoms with E-state index < -0.39 is 10.1 Å². The highest BCUT2D eigenvalue weighted by molar-refractivity contribution is 7.89. The lowest BCUT2D eigenvalue weighted by atomic mass is 10.0. The maximum atomic E-state index is 10.7. The van der Waals surface area contributed by atoms with Crippen LogP contribution < -0.4 is 0 Å². The molecule has 0 aromatic heterocycles. The Morgan fingerprint density at radius 1 is 1.38 bits per heavy atom. The van der Waals surface area contributed by atoms with Crippen LogP contribution in [0.5, 0.6) is 0 Å². The molecule has 0 aliphatic heterocycles. The summed E-state index contributed by atoms with van der Waals surface area (Å²) in [6, 6.07) is 0. The smallest absolute Gasteiger partial charge is 0.282 e. The maximum absolute atomic E-state index is 10.7. The highest BCUT2D eigenvalue weighted by Gasteiger charge is 2.15. The van der Waals surface area contributed by atoms with Crippen molar-refractivity contribution in [1.82, 2.24) is 0 Å². The van der Waals surface area contributed by atoms with E-state index in [0.717, 1.165) is 5.57 Å². The number of hydrogen-bond donors (Lipinski definition) is 1. The van der Waals surface area contributed by atoms with Crippen molar-refractivity contribution in [1.29, 1.82) is 0 Å². The highest BCUT2D eigenvalue weighted by atomic mass is 32.2. The molecule has 3 nitrogen and oxygen atoms in total. The summed E-state index contributed by atoms with van der Waals surface area (Å²) in [6.07, 6.45) is 8.04. The second-order valence-corrected chi connectivity index (χ2v) is 4.32. The summed E-state index contributed by atoms with van der Waals surface area (Å²) in [4.78, 5) is 0.0979. The summed E-state index contributed by atoms with van der Waals surface area (Å²) in [5, 5.41) is 0. The van der Waals surface area contributed by atoms with E-state index in [1.807, 2.05) is 19.1 Å². The first-order valence-corrected chi connectivity index (χ1v) is 5.48. The molecule has 0 unspecified atom stereocenters. The van der Waals surface area contributed by atoms with Gasteiger partial charge in [0.15, 0.2) is 0 Å². The maximum Gasteiger partial charge on any atom is 0.290 e. The third-order valence-corrected chi connectivity index (χ3v) is 2.86. The van der Waals surface area contributed by atoms with Crippen molar-refractivity contribution in [3.63, 3.8) is 0 Å². The van der Waals surface area contributed by atoms with Crippen molar-refractivity contribution < 1.29 is 13.0 Å². The van der Waals surface area contributed by atoms with Crippen LogP contribution in [0.1, 0.15) is 19.8 Å². The molecule has 72 valence electrons. The van der Waals surface area contributed by atoms with E-state index in [0.29, 0.717) is 12.8 Å². The summed E-state index contributed by atoms with van der Waals surface area (Å²) in [5.74, 6) is 0. The average Bonchev–Trinajstić information content (AvgIpc) is 2.04. The summed E-state index contributed by atoms with van der Waals surface area (Å²) in [6.45, 7) is 1.91. The van der Waals surface area contributed by atoms with Gasteiger partial charge in [0.1, 0.15) is 0 Å².